The fourth-order valence-electron chi connectivity index (χ4n) is 3.36. The summed E-state index contributed by atoms with van der Waals surface area (Å²) in [4.78, 5) is 13.7. The van der Waals surface area contributed by atoms with Crippen molar-refractivity contribution in [1.82, 2.24) is 4.90 Å². The van der Waals surface area contributed by atoms with E-state index in [2.05, 4.69) is 4.90 Å². The Balaban J connectivity index is 1.77. The number of nitrogens with zero attached hydrogens (tertiary/aromatic N) is 1. The smallest absolute Gasteiger partial charge is 0.226 e. The minimum absolute atomic E-state index is 0.386. The third kappa shape index (κ3) is 4.24. The average molecular weight is 329 g/mol. The first-order valence-corrected chi connectivity index (χ1v) is 8.33. The number of rotatable bonds is 6. The van der Waals surface area contributed by atoms with Crippen molar-refractivity contribution in [2.75, 3.05) is 6.54 Å². The van der Waals surface area contributed by atoms with Crippen LogP contribution < -0.4 is 5.43 Å². The highest BCUT2D eigenvalue weighted by Crippen LogP contribution is 2.31. The molecule has 1 saturated carbocycles. The minimum atomic E-state index is -0.675. The average Bonchev–Trinajstić information content (AvgIpc) is 2.98. The summed E-state index contributed by atoms with van der Waals surface area (Å²) in [6.45, 7) is 1.60. The van der Waals surface area contributed by atoms with Gasteiger partial charge < -0.3 is 14.6 Å². The van der Waals surface area contributed by atoms with E-state index in [9.17, 15) is 15.0 Å². The number of aromatic hydroxyl groups is 1. The van der Waals surface area contributed by atoms with Gasteiger partial charge >= 0.3 is 0 Å². The van der Waals surface area contributed by atoms with Gasteiger partial charge in [-0.3, -0.25) is 9.69 Å². The number of aliphatic hydroxyl groups is 1. The van der Waals surface area contributed by atoms with Crippen molar-refractivity contribution in [3.8, 4) is 5.75 Å². The summed E-state index contributed by atoms with van der Waals surface area (Å²) in [7, 11) is 0. The van der Waals surface area contributed by atoms with Crippen LogP contribution in [0.25, 0.3) is 0 Å². The molecule has 0 radical (unpaired) electrons. The molecule has 5 nitrogen and oxygen atoms in total. The van der Waals surface area contributed by atoms with Crippen molar-refractivity contribution >= 4 is 0 Å². The van der Waals surface area contributed by atoms with Gasteiger partial charge in [-0.05, 0) is 18.4 Å². The Bertz CT molecular complexity index is 720. The predicted molar refractivity (Wildman–Crippen MR) is 90.6 cm³/mol. The maximum Gasteiger partial charge on any atom is 0.226 e. The van der Waals surface area contributed by atoms with Gasteiger partial charge in [-0.2, -0.15) is 0 Å². The summed E-state index contributed by atoms with van der Waals surface area (Å²) in [6.07, 6.45) is 4.77. The summed E-state index contributed by atoms with van der Waals surface area (Å²) in [6, 6.07) is 11.3. The molecule has 0 saturated heterocycles. The zero-order chi connectivity index (χ0) is 17.0. The molecule has 1 aromatic heterocycles. The number of benzene rings is 1. The first-order valence-electron chi connectivity index (χ1n) is 8.33. The molecule has 1 aliphatic rings. The van der Waals surface area contributed by atoms with E-state index in [-0.39, 0.29) is 5.75 Å². The van der Waals surface area contributed by atoms with E-state index in [1.54, 1.807) is 0 Å². The van der Waals surface area contributed by atoms with Crippen molar-refractivity contribution in [3.63, 3.8) is 0 Å². The van der Waals surface area contributed by atoms with E-state index in [0.29, 0.717) is 25.4 Å². The fourth-order valence-corrected chi connectivity index (χ4v) is 3.36. The maximum absolute atomic E-state index is 11.6. The van der Waals surface area contributed by atoms with Crippen LogP contribution in [0.15, 0.2) is 51.9 Å². The highest BCUT2D eigenvalue weighted by atomic mass is 16.4. The maximum atomic E-state index is 11.6. The Hall–Kier alpha value is -2.11. The predicted octanol–water partition coefficient (Wildman–Crippen LogP) is 2.65. The molecule has 0 atom stereocenters. The van der Waals surface area contributed by atoms with Gasteiger partial charge in [-0.15, -0.1) is 0 Å². The summed E-state index contributed by atoms with van der Waals surface area (Å²) in [5.41, 5.74) is 0.0159. The van der Waals surface area contributed by atoms with E-state index in [1.165, 1.54) is 6.07 Å². The SMILES string of the molecule is O=c1cc(CN(Cc2ccccc2)CC2(O)CCCC2)occ1O. The quantitative estimate of drug-likeness (QED) is 0.852. The second-order valence-electron chi connectivity index (χ2n) is 6.66. The molecular weight excluding hydrogens is 306 g/mol. The molecule has 3 rings (SSSR count). The van der Waals surface area contributed by atoms with E-state index in [4.69, 9.17) is 4.42 Å². The molecule has 128 valence electrons. The molecule has 1 heterocycles. The fraction of sp³-hybridized carbons (Fsp3) is 0.421. The minimum Gasteiger partial charge on any atom is -0.502 e. The molecule has 0 spiro atoms. The standard InChI is InChI=1S/C19H23NO4/c21-17-10-16(24-13-18(17)22)12-20(11-15-6-2-1-3-7-15)14-19(23)8-4-5-9-19/h1-3,6-7,10,13,22-23H,4-5,8-9,11-12,14H2. The van der Waals surface area contributed by atoms with E-state index in [0.717, 1.165) is 37.5 Å². The van der Waals surface area contributed by atoms with Crippen LogP contribution in [0.3, 0.4) is 0 Å². The van der Waals surface area contributed by atoms with Gasteiger partial charge in [0.15, 0.2) is 5.75 Å². The normalized spacial score (nSPS) is 16.6. The molecule has 1 aromatic carbocycles. The van der Waals surface area contributed by atoms with Crippen molar-refractivity contribution in [1.29, 1.82) is 0 Å². The Morgan fingerprint density at radius 2 is 1.83 bits per heavy atom. The van der Waals surface area contributed by atoms with Crippen molar-refractivity contribution in [2.24, 2.45) is 0 Å². The third-order valence-corrected chi connectivity index (χ3v) is 4.55. The molecular formula is C19H23NO4. The molecule has 5 heteroatoms. The Labute approximate surface area is 141 Å². The van der Waals surface area contributed by atoms with Crippen LogP contribution in [0.5, 0.6) is 5.75 Å². The topological polar surface area (TPSA) is 73.9 Å². The van der Waals surface area contributed by atoms with Gasteiger partial charge in [0, 0.05) is 19.2 Å². The summed E-state index contributed by atoms with van der Waals surface area (Å²) in [5.74, 6) is 0.0955. The molecule has 24 heavy (non-hydrogen) atoms. The van der Waals surface area contributed by atoms with Gasteiger partial charge in [0.1, 0.15) is 12.0 Å². The highest BCUT2D eigenvalue weighted by Gasteiger charge is 2.33. The highest BCUT2D eigenvalue weighted by molar-refractivity contribution is 5.17. The van der Waals surface area contributed by atoms with E-state index in [1.807, 2.05) is 30.3 Å². The largest absolute Gasteiger partial charge is 0.502 e. The second-order valence-corrected chi connectivity index (χ2v) is 6.66. The molecule has 1 aliphatic carbocycles. The number of hydrogen-bond acceptors (Lipinski definition) is 5. The molecule has 0 amide bonds. The Morgan fingerprint density at radius 3 is 2.50 bits per heavy atom. The molecule has 2 N–H and O–H groups in total. The molecule has 0 unspecified atom stereocenters. The van der Waals surface area contributed by atoms with Crippen molar-refractivity contribution < 1.29 is 14.6 Å². The lowest BCUT2D eigenvalue weighted by molar-refractivity contribution is 0.00269. The van der Waals surface area contributed by atoms with E-state index >= 15 is 0 Å². The van der Waals surface area contributed by atoms with Crippen LogP contribution in [0.2, 0.25) is 0 Å². The van der Waals surface area contributed by atoms with Crippen molar-refractivity contribution in [2.45, 2.75) is 44.4 Å². The first-order chi connectivity index (χ1) is 11.5. The van der Waals surface area contributed by atoms with E-state index < -0.39 is 11.0 Å². The first kappa shape index (κ1) is 16.7. The Morgan fingerprint density at radius 1 is 1.12 bits per heavy atom. The lowest BCUT2D eigenvalue weighted by Gasteiger charge is -2.31. The van der Waals surface area contributed by atoms with Crippen LogP contribution in [0.4, 0.5) is 0 Å². The van der Waals surface area contributed by atoms with Gasteiger partial charge in [-0.1, -0.05) is 43.2 Å². The van der Waals surface area contributed by atoms with Crippen molar-refractivity contribution in [3.05, 3.63) is 64.2 Å². The van der Waals surface area contributed by atoms with Crippen LogP contribution >= 0.6 is 0 Å². The van der Waals surface area contributed by atoms with Crippen LogP contribution in [0.1, 0.15) is 37.0 Å². The second kappa shape index (κ2) is 7.20. The molecule has 0 bridgehead atoms. The Kier molecular flexibility index (Phi) is 5.02. The van der Waals surface area contributed by atoms with Gasteiger partial charge in [0.25, 0.3) is 0 Å². The lowest BCUT2D eigenvalue weighted by atomic mass is 10.0. The van der Waals surface area contributed by atoms with Gasteiger partial charge in [0.2, 0.25) is 5.43 Å². The summed E-state index contributed by atoms with van der Waals surface area (Å²) >= 11 is 0. The molecule has 1 fully saturated rings. The number of hydrogen-bond donors (Lipinski definition) is 2. The summed E-state index contributed by atoms with van der Waals surface area (Å²) < 4.78 is 5.33. The van der Waals surface area contributed by atoms with Gasteiger partial charge in [0.05, 0.1) is 12.1 Å². The molecule has 2 aromatic rings. The third-order valence-electron chi connectivity index (χ3n) is 4.55. The summed E-state index contributed by atoms with van der Waals surface area (Å²) in [5, 5.41) is 20.1. The van der Waals surface area contributed by atoms with Crippen LogP contribution in [0, 0.1) is 0 Å². The van der Waals surface area contributed by atoms with Crippen LogP contribution in [-0.2, 0) is 13.1 Å². The lowest BCUT2D eigenvalue weighted by Crippen LogP contribution is -2.40. The monoisotopic (exact) mass is 329 g/mol. The molecule has 0 aliphatic heterocycles. The zero-order valence-corrected chi connectivity index (χ0v) is 13.6. The van der Waals surface area contributed by atoms with Gasteiger partial charge in [-0.25, -0.2) is 0 Å². The van der Waals surface area contributed by atoms with Crippen LogP contribution in [-0.4, -0.2) is 27.3 Å². The zero-order valence-electron chi connectivity index (χ0n) is 13.6.